The molecule has 28 heavy (non-hydrogen) atoms. The van der Waals surface area contributed by atoms with Gasteiger partial charge < -0.3 is 15.4 Å². The van der Waals surface area contributed by atoms with Crippen molar-refractivity contribution < 1.29 is 14.1 Å². The van der Waals surface area contributed by atoms with E-state index in [-0.39, 0.29) is 40.3 Å². The second-order valence-electron chi connectivity index (χ2n) is 5.83. The highest BCUT2D eigenvalue weighted by Gasteiger charge is 2.19. The minimum absolute atomic E-state index is 0.0194. The van der Waals surface area contributed by atoms with Crippen molar-refractivity contribution in [1.29, 1.82) is 0 Å². The second kappa shape index (κ2) is 7.95. The monoisotopic (exact) mass is 426 g/mol. The van der Waals surface area contributed by atoms with E-state index in [1.54, 1.807) is 13.0 Å². The molecule has 146 valence electrons. The van der Waals surface area contributed by atoms with Gasteiger partial charge in [0.25, 0.3) is 0 Å². The predicted molar refractivity (Wildman–Crippen MR) is 100.0 cm³/mol. The molecule has 3 rings (SSSR count). The summed E-state index contributed by atoms with van der Waals surface area (Å²) in [5.41, 5.74) is 0.688. The normalized spacial score (nSPS) is 10.9. The zero-order valence-electron chi connectivity index (χ0n) is 14.4. The van der Waals surface area contributed by atoms with Gasteiger partial charge >= 0.3 is 5.82 Å². The highest BCUT2D eigenvalue weighted by molar-refractivity contribution is 6.33. The number of rotatable bonds is 6. The number of anilines is 1. The van der Waals surface area contributed by atoms with E-state index in [2.05, 4.69) is 15.5 Å². The highest BCUT2D eigenvalue weighted by Crippen LogP contribution is 2.23. The van der Waals surface area contributed by atoms with Crippen molar-refractivity contribution in [2.75, 3.05) is 5.32 Å². The lowest BCUT2D eigenvalue weighted by atomic mass is 10.2. The van der Waals surface area contributed by atoms with Crippen molar-refractivity contribution in [3.05, 3.63) is 67.7 Å². The SMILES string of the molecule is Cc1cc([N+](=O)[O-])nn1CC(=O)Nc1nn(Cc2c(F)cccc2Cl)cc1Cl. The van der Waals surface area contributed by atoms with Crippen LogP contribution in [0.15, 0.2) is 30.5 Å². The van der Waals surface area contributed by atoms with Gasteiger partial charge in [-0.15, -0.1) is 0 Å². The van der Waals surface area contributed by atoms with E-state index >= 15 is 0 Å². The van der Waals surface area contributed by atoms with Gasteiger partial charge in [0.05, 0.1) is 23.4 Å². The van der Waals surface area contributed by atoms with Crippen LogP contribution in [-0.2, 0) is 17.9 Å². The van der Waals surface area contributed by atoms with Crippen LogP contribution in [0.4, 0.5) is 16.0 Å². The number of carbonyl (C=O) groups is 1. The van der Waals surface area contributed by atoms with Gasteiger partial charge in [-0.1, -0.05) is 29.3 Å². The Labute approximate surface area is 167 Å². The van der Waals surface area contributed by atoms with Crippen molar-refractivity contribution in [3.63, 3.8) is 0 Å². The van der Waals surface area contributed by atoms with Crippen LogP contribution in [0.5, 0.6) is 0 Å². The molecule has 9 nitrogen and oxygen atoms in total. The molecule has 3 aromatic rings. The molecule has 0 bridgehead atoms. The second-order valence-corrected chi connectivity index (χ2v) is 6.64. The number of nitrogens with zero attached hydrogens (tertiary/aromatic N) is 5. The van der Waals surface area contributed by atoms with Crippen LogP contribution in [0.2, 0.25) is 10.0 Å². The van der Waals surface area contributed by atoms with Gasteiger partial charge in [-0.05, 0) is 24.0 Å². The standard InChI is InChI=1S/C16H13Cl2FN6O3/c1-9-5-14(25(27)28)21-24(9)8-15(26)20-16-12(18)7-23(22-16)6-10-11(17)3-2-4-13(10)19/h2-5,7H,6,8H2,1H3,(H,20,22,26). The molecule has 0 atom stereocenters. The largest absolute Gasteiger partial charge is 0.390 e. The van der Waals surface area contributed by atoms with Crippen molar-refractivity contribution in [2.45, 2.75) is 20.0 Å². The molecule has 1 N–H and O–H groups in total. The topological polar surface area (TPSA) is 108 Å². The van der Waals surface area contributed by atoms with Gasteiger partial charge in [0, 0.05) is 16.8 Å². The van der Waals surface area contributed by atoms with Crippen LogP contribution in [0.25, 0.3) is 0 Å². The number of nitro groups is 1. The molecule has 0 aliphatic heterocycles. The number of nitrogens with one attached hydrogen (secondary N) is 1. The molecule has 0 saturated carbocycles. The Bertz CT molecular complexity index is 1040. The third-order valence-electron chi connectivity index (χ3n) is 3.81. The molecule has 0 aliphatic carbocycles. The smallest absolute Gasteiger partial charge is 0.358 e. The quantitative estimate of drug-likeness (QED) is 0.479. The molecule has 0 saturated heterocycles. The van der Waals surface area contributed by atoms with Gasteiger partial charge in [-0.3, -0.25) is 9.48 Å². The van der Waals surface area contributed by atoms with Crippen molar-refractivity contribution in [2.24, 2.45) is 0 Å². The first-order chi connectivity index (χ1) is 13.2. The number of aromatic nitrogens is 4. The Hall–Kier alpha value is -2.98. The number of hydrogen-bond acceptors (Lipinski definition) is 5. The average molecular weight is 427 g/mol. The van der Waals surface area contributed by atoms with E-state index in [9.17, 15) is 19.3 Å². The summed E-state index contributed by atoms with van der Waals surface area (Å²) < 4.78 is 16.4. The maximum Gasteiger partial charge on any atom is 0.390 e. The predicted octanol–water partition coefficient (Wildman–Crippen LogP) is 3.43. The van der Waals surface area contributed by atoms with E-state index in [1.165, 1.54) is 33.8 Å². The van der Waals surface area contributed by atoms with Crippen LogP contribution < -0.4 is 5.32 Å². The summed E-state index contributed by atoms with van der Waals surface area (Å²) in [7, 11) is 0. The van der Waals surface area contributed by atoms with Crippen molar-refractivity contribution >= 4 is 40.7 Å². The lowest BCUT2D eigenvalue weighted by Crippen LogP contribution is -2.21. The van der Waals surface area contributed by atoms with Gasteiger partial charge in [-0.25, -0.2) is 4.39 Å². The fourth-order valence-corrected chi connectivity index (χ4v) is 2.88. The molecular formula is C16H13Cl2FN6O3. The molecular weight excluding hydrogens is 414 g/mol. The summed E-state index contributed by atoms with van der Waals surface area (Å²) in [6, 6.07) is 5.58. The fraction of sp³-hybridized carbons (Fsp3) is 0.188. The van der Waals surface area contributed by atoms with Crippen molar-refractivity contribution in [1.82, 2.24) is 19.6 Å². The maximum atomic E-state index is 13.9. The van der Waals surface area contributed by atoms with Crippen LogP contribution in [0.3, 0.4) is 0 Å². The summed E-state index contributed by atoms with van der Waals surface area (Å²) in [5, 5.41) is 21.5. The van der Waals surface area contributed by atoms with Gasteiger partial charge in [0.2, 0.25) is 5.91 Å². The maximum absolute atomic E-state index is 13.9. The Morgan fingerprint density at radius 3 is 2.71 bits per heavy atom. The Morgan fingerprint density at radius 2 is 2.07 bits per heavy atom. The number of amides is 1. The Balaban J connectivity index is 1.71. The Kier molecular flexibility index (Phi) is 5.61. The molecule has 0 aliphatic rings. The van der Waals surface area contributed by atoms with E-state index in [0.29, 0.717) is 5.69 Å². The minimum atomic E-state index is -0.645. The molecule has 0 fully saturated rings. The molecule has 0 unspecified atom stereocenters. The summed E-state index contributed by atoms with van der Waals surface area (Å²) in [4.78, 5) is 22.3. The highest BCUT2D eigenvalue weighted by atomic mass is 35.5. The molecule has 1 aromatic carbocycles. The minimum Gasteiger partial charge on any atom is -0.358 e. The summed E-state index contributed by atoms with van der Waals surface area (Å²) in [6.07, 6.45) is 1.42. The van der Waals surface area contributed by atoms with E-state index in [4.69, 9.17) is 23.2 Å². The van der Waals surface area contributed by atoms with Gasteiger partial charge in [0.1, 0.15) is 17.4 Å². The molecule has 1 amide bonds. The number of hydrogen-bond donors (Lipinski definition) is 1. The van der Waals surface area contributed by atoms with E-state index < -0.39 is 16.6 Å². The first kappa shape index (κ1) is 19.8. The molecule has 0 radical (unpaired) electrons. The first-order valence-electron chi connectivity index (χ1n) is 7.89. The fourth-order valence-electron chi connectivity index (χ4n) is 2.46. The number of carbonyl (C=O) groups excluding carboxylic acids is 1. The molecule has 2 heterocycles. The molecule has 0 spiro atoms. The summed E-state index contributed by atoms with van der Waals surface area (Å²) >= 11 is 12.1. The molecule has 12 heteroatoms. The van der Waals surface area contributed by atoms with Crippen LogP contribution >= 0.6 is 23.2 Å². The zero-order valence-corrected chi connectivity index (χ0v) is 15.9. The van der Waals surface area contributed by atoms with Gasteiger partial charge in [-0.2, -0.15) is 9.78 Å². The van der Waals surface area contributed by atoms with Gasteiger partial charge in [0.15, 0.2) is 5.82 Å². The van der Waals surface area contributed by atoms with E-state index in [0.717, 1.165) is 0 Å². The first-order valence-corrected chi connectivity index (χ1v) is 8.64. The van der Waals surface area contributed by atoms with Crippen LogP contribution in [0.1, 0.15) is 11.3 Å². The summed E-state index contributed by atoms with van der Waals surface area (Å²) in [6.45, 7) is 1.35. The lowest BCUT2D eigenvalue weighted by molar-refractivity contribution is -0.389. The average Bonchev–Trinajstić information content (AvgIpc) is 3.14. The molecule has 2 aromatic heterocycles. The Morgan fingerprint density at radius 1 is 1.32 bits per heavy atom. The summed E-state index contributed by atoms with van der Waals surface area (Å²) in [5.74, 6) is -1.30. The lowest BCUT2D eigenvalue weighted by Gasteiger charge is -2.06. The zero-order chi connectivity index (χ0) is 20.4. The van der Waals surface area contributed by atoms with Crippen molar-refractivity contribution in [3.8, 4) is 0 Å². The van der Waals surface area contributed by atoms with Crippen LogP contribution in [0, 0.1) is 22.9 Å². The number of aryl methyl sites for hydroxylation is 1. The van der Waals surface area contributed by atoms with Crippen LogP contribution in [-0.4, -0.2) is 30.4 Å². The number of halogens is 3. The third-order valence-corrected chi connectivity index (χ3v) is 4.44. The number of benzene rings is 1. The van der Waals surface area contributed by atoms with E-state index in [1.807, 2.05) is 0 Å². The third kappa shape index (κ3) is 4.29.